The van der Waals surface area contributed by atoms with E-state index in [1.807, 2.05) is 0 Å². The summed E-state index contributed by atoms with van der Waals surface area (Å²) in [5.74, 6) is 1.89. The molecule has 0 radical (unpaired) electrons. The Morgan fingerprint density at radius 1 is 1.35 bits per heavy atom. The fourth-order valence-corrected chi connectivity index (χ4v) is 1.95. The van der Waals surface area contributed by atoms with Crippen LogP contribution in [0, 0.1) is 6.92 Å². The molecule has 0 atom stereocenters. The van der Waals surface area contributed by atoms with Gasteiger partial charge in [0.05, 0.1) is 7.11 Å². The molecule has 0 saturated carbocycles. The fraction of sp³-hybridized carbons (Fsp3) is 0.364. The van der Waals surface area contributed by atoms with Gasteiger partial charge < -0.3 is 15.0 Å². The number of hydrogen-bond donors (Lipinski definition) is 1. The number of hydrogen-bond acceptors (Lipinski definition) is 8. The number of nitrogens with zero attached hydrogens (tertiary/aromatic N) is 6. The van der Waals surface area contributed by atoms with E-state index in [-0.39, 0.29) is 0 Å². The Labute approximate surface area is 113 Å². The van der Waals surface area contributed by atoms with Crippen molar-refractivity contribution < 1.29 is 9.26 Å². The average molecular weight is 275 g/mol. The van der Waals surface area contributed by atoms with E-state index in [0.29, 0.717) is 47.7 Å². The number of fused-ring (bicyclic) bond motifs is 1. The standard InChI is InChI=1S/C11H13N7O2/c1-6-15-7(20-17-6)3-4-18-9-8(16-11(18)12)10(19-2)14-5-13-9/h5H,3-4H2,1-2H3,(H2,12,16). The zero-order valence-corrected chi connectivity index (χ0v) is 11.1. The van der Waals surface area contributed by atoms with Crippen molar-refractivity contribution in [2.75, 3.05) is 12.8 Å². The van der Waals surface area contributed by atoms with E-state index in [2.05, 4.69) is 25.1 Å². The largest absolute Gasteiger partial charge is 0.479 e. The van der Waals surface area contributed by atoms with E-state index in [1.165, 1.54) is 13.4 Å². The van der Waals surface area contributed by atoms with Gasteiger partial charge >= 0.3 is 0 Å². The maximum Gasteiger partial charge on any atom is 0.245 e. The number of nitrogen functional groups attached to an aromatic ring is 1. The predicted octanol–water partition coefficient (Wildman–Crippen LogP) is 0.351. The van der Waals surface area contributed by atoms with Gasteiger partial charge in [-0.05, 0) is 6.92 Å². The number of methoxy groups -OCH3 is 1. The van der Waals surface area contributed by atoms with E-state index in [1.54, 1.807) is 11.5 Å². The van der Waals surface area contributed by atoms with E-state index >= 15 is 0 Å². The molecule has 0 aromatic carbocycles. The number of rotatable bonds is 4. The molecule has 0 saturated heterocycles. The quantitative estimate of drug-likeness (QED) is 0.724. The third-order valence-corrected chi connectivity index (χ3v) is 2.84. The zero-order valence-electron chi connectivity index (χ0n) is 11.1. The lowest BCUT2D eigenvalue weighted by molar-refractivity contribution is 0.369. The molecule has 0 aliphatic heterocycles. The first-order chi connectivity index (χ1) is 9.69. The van der Waals surface area contributed by atoms with Crippen LogP contribution in [0.25, 0.3) is 11.2 Å². The normalized spacial score (nSPS) is 11.1. The molecule has 3 aromatic rings. The van der Waals surface area contributed by atoms with E-state index in [0.717, 1.165) is 0 Å². The van der Waals surface area contributed by atoms with Gasteiger partial charge in [0, 0.05) is 13.0 Å². The maximum absolute atomic E-state index is 5.91. The van der Waals surface area contributed by atoms with Crippen molar-refractivity contribution in [1.29, 1.82) is 0 Å². The summed E-state index contributed by atoms with van der Waals surface area (Å²) in [6, 6.07) is 0. The van der Waals surface area contributed by atoms with Crippen molar-refractivity contribution in [2.24, 2.45) is 0 Å². The minimum absolute atomic E-state index is 0.343. The van der Waals surface area contributed by atoms with Gasteiger partial charge in [-0.25, -0.2) is 9.97 Å². The second-order valence-corrected chi connectivity index (χ2v) is 4.16. The summed E-state index contributed by atoms with van der Waals surface area (Å²) in [4.78, 5) is 16.6. The molecular weight excluding hydrogens is 262 g/mol. The van der Waals surface area contributed by atoms with Crippen LogP contribution in [0.2, 0.25) is 0 Å². The van der Waals surface area contributed by atoms with Crippen molar-refractivity contribution >= 4 is 17.1 Å². The maximum atomic E-state index is 5.91. The van der Waals surface area contributed by atoms with Crippen molar-refractivity contribution in [2.45, 2.75) is 19.9 Å². The molecule has 0 aliphatic rings. The number of anilines is 1. The van der Waals surface area contributed by atoms with Crippen LogP contribution in [-0.4, -0.2) is 36.8 Å². The molecule has 0 spiro atoms. The SMILES string of the molecule is COc1ncnc2c1nc(N)n2CCc1nc(C)no1. The molecule has 3 rings (SSSR count). The molecule has 9 heteroatoms. The van der Waals surface area contributed by atoms with Crippen molar-refractivity contribution in [1.82, 2.24) is 29.7 Å². The topological polar surface area (TPSA) is 118 Å². The molecule has 0 bridgehead atoms. The first kappa shape index (κ1) is 12.3. The second kappa shape index (κ2) is 4.76. The Morgan fingerprint density at radius 2 is 2.20 bits per heavy atom. The van der Waals surface area contributed by atoms with Crippen LogP contribution in [0.3, 0.4) is 0 Å². The number of imidazole rings is 1. The van der Waals surface area contributed by atoms with Crippen molar-refractivity contribution in [3.05, 3.63) is 18.0 Å². The monoisotopic (exact) mass is 275 g/mol. The lowest BCUT2D eigenvalue weighted by Gasteiger charge is -2.03. The van der Waals surface area contributed by atoms with Gasteiger partial charge in [0.15, 0.2) is 17.0 Å². The van der Waals surface area contributed by atoms with Gasteiger partial charge in [-0.1, -0.05) is 5.16 Å². The Morgan fingerprint density at radius 3 is 2.90 bits per heavy atom. The summed E-state index contributed by atoms with van der Waals surface area (Å²) < 4.78 is 12.0. The van der Waals surface area contributed by atoms with Crippen LogP contribution in [0.1, 0.15) is 11.7 Å². The molecule has 9 nitrogen and oxygen atoms in total. The van der Waals surface area contributed by atoms with Gasteiger partial charge in [0.1, 0.15) is 6.33 Å². The lowest BCUT2D eigenvalue weighted by Crippen LogP contribution is -2.06. The third kappa shape index (κ3) is 2.02. The van der Waals surface area contributed by atoms with Gasteiger partial charge in [-0.3, -0.25) is 4.57 Å². The summed E-state index contributed by atoms with van der Waals surface area (Å²) >= 11 is 0. The van der Waals surface area contributed by atoms with Gasteiger partial charge in [0.25, 0.3) is 0 Å². The van der Waals surface area contributed by atoms with Gasteiger partial charge in [0.2, 0.25) is 17.7 Å². The molecule has 0 fully saturated rings. The molecule has 3 heterocycles. The lowest BCUT2D eigenvalue weighted by atomic mass is 10.4. The number of ether oxygens (including phenoxy) is 1. The Balaban J connectivity index is 1.93. The molecule has 3 aromatic heterocycles. The summed E-state index contributed by atoms with van der Waals surface area (Å²) in [5, 5.41) is 3.74. The molecule has 0 amide bonds. The summed E-state index contributed by atoms with van der Waals surface area (Å²) in [6.07, 6.45) is 1.96. The highest BCUT2D eigenvalue weighted by Crippen LogP contribution is 2.22. The molecular formula is C11H13N7O2. The van der Waals surface area contributed by atoms with E-state index in [9.17, 15) is 0 Å². The zero-order chi connectivity index (χ0) is 14.1. The third-order valence-electron chi connectivity index (χ3n) is 2.84. The number of aromatic nitrogens is 6. The van der Waals surface area contributed by atoms with Crippen LogP contribution < -0.4 is 10.5 Å². The average Bonchev–Trinajstić information content (AvgIpc) is 2.99. The van der Waals surface area contributed by atoms with Crippen LogP contribution in [-0.2, 0) is 13.0 Å². The molecule has 0 aliphatic carbocycles. The molecule has 20 heavy (non-hydrogen) atoms. The van der Waals surface area contributed by atoms with Crippen molar-refractivity contribution in [3.8, 4) is 5.88 Å². The predicted molar refractivity (Wildman–Crippen MR) is 69.0 cm³/mol. The van der Waals surface area contributed by atoms with E-state index in [4.69, 9.17) is 15.0 Å². The number of aryl methyl sites for hydroxylation is 3. The Kier molecular flexibility index (Phi) is 2.93. The fourth-order valence-electron chi connectivity index (χ4n) is 1.95. The molecule has 104 valence electrons. The highest BCUT2D eigenvalue weighted by Gasteiger charge is 2.15. The molecule has 2 N–H and O–H groups in total. The Hall–Kier alpha value is -2.71. The second-order valence-electron chi connectivity index (χ2n) is 4.16. The van der Waals surface area contributed by atoms with Crippen LogP contribution >= 0.6 is 0 Å². The summed E-state index contributed by atoms with van der Waals surface area (Å²) in [7, 11) is 1.53. The number of nitrogens with two attached hydrogens (primary N) is 1. The minimum atomic E-state index is 0.343. The van der Waals surface area contributed by atoms with Crippen LogP contribution in [0.4, 0.5) is 5.95 Å². The first-order valence-corrected chi connectivity index (χ1v) is 5.99. The van der Waals surface area contributed by atoms with E-state index < -0.39 is 0 Å². The minimum Gasteiger partial charge on any atom is -0.479 e. The van der Waals surface area contributed by atoms with Crippen molar-refractivity contribution in [3.63, 3.8) is 0 Å². The summed E-state index contributed by atoms with van der Waals surface area (Å²) in [6.45, 7) is 2.30. The van der Waals surface area contributed by atoms with Crippen LogP contribution in [0.15, 0.2) is 10.9 Å². The van der Waals surface area contributed by atoms with Gasteiger partial charge in [-0.2, -0.15) is 9.97 Å². The smallest absolute Gasteiger partial charge is 0.245 e. The van der Waals surface area contributed by atoms with Crippen LogP contribution in [0.5, 0.6) is 5.88 Å². The first-order valence-electron chi connectivity index (χ1n) is 5.99. The highest BCUT2D eigenvalue weighted by molar-refractivity contribution is 5.78. The summed E-state index contributed by atoms with van der Waals surface area (Å²) in [5.41, 5.74) is 7.06. The Bertz CT molecular complexity index is 748. The molecule has 0 unspecified atom stereocenters. The van der Waals surface area contributed by atoms with Gasteiger partial charge in [-0.15, -0.1) is 0 Å². The highest BCUT2D eigenvalue weighted by atomic mass is 16.5.